The van der Waals surface area contributed by atoms with Crippen LogP contribution in [0.2, 0.25) is 0 Å². The Hall–Kier alpha value is -2.08. The van der Waals surface area contributed by atoms with Gasteiger partial charge < -0.3 is 39.4 Å². The molecule has 0 amide bonds. The van der Waals surface area contributed by atoms with Crippen molar-refractivity contribution < 1.29 is 49.0 Å². The number of carbonyl (C=O) groups is 2. The molecule has 0 spiro atoms. The topological polar surface area (TPSA) is 152 Å². The average molecular weight is 725 g/mol. The highest BCUT2D eigenvalue weighted by Crippen LogP contribution is 2.22. The molecular weight excluding hydrogens is 652 g/mol. The molecule has 10 heteroatoms. The zero-order valence-corrected chi connectivity index (χ0v) is 31.8. The molecule has 6 atom stereocenters. The molecule has 1 heterocycles. The molecule has 0 aromatic rings. The second kappa shape index (κ2) is 32.6. The highest BCUT2D eigenvalue weighted by Gasteiger charge is 2.44. The Bertz CT molecular complexity index is 933. The molecular formula is C41H72O10. The van der Waals surface area contributed by atoms with Gasteiger partial charge in [-0.3, -0.25) is 9.59 Å². The second-order valence-electron chi connectivity index (χ2n) is 13.7. The van der Waals surface area contributed by atoms with Gasteiger partial charge in [0.2, 0.25) is 0 Å². The zero-order valence-electron chi connectivity index (χ0n) is 31.8. The van der Waals surface area contributed by atoms with Gasteiger partial charge in [0.15, 0.2) is 12.4 Å². The van der Waals surface area contributed by atoms with Crippen LogP contribution < -0.4 is 0 Å². The van der Waals surface area contributed by atoms with Crippen LogP contribution in [0.15, 0.2) is 36.5 Å². The van der Waals surface area contributed by atoms with Crippen LogP contribution in [0.1, 0.15) is 155 Å². The predicted molar refractivity (Wildman–Crippen MR) is 201 cm³/mol. The van der Waals surface area contributed by atoms with Gasteiger partial charge in [-0.1, -0.05) is 127 Å². The molecule has 0 aromatic carbocycles. The molecule has 0 radical (unpaired) electrons. The number of aliphatic hydroxyl groups excluding tert-OH is 4. The Morgan fingerprint density at radius 1 is 0.608 bits per heavy atom. The molecule has 1 saturated heterocycles. The summed E-state index contributed by atoms with van der Waals surface area (Å²) < 4.78 is 22.0. The first-order chi connectivity index (χ1) is 24.8. The Morgan fingerprint density at radius 3 is 1.69 bits per heavy atom. The molecule has 296 valence electrons. The number of rotatable bonds is 32. The van der Waals surface area contributed by atoms with Crippen molar-refractivity contribution >= 4 is 11.9 Å². The van der Waals surface area contributed by atoms with Gasteiger partial charge in [-0.05, 0) is 51.4 Å². The van der Waals surface area contributed by atoms with Crippen molar-refractivity contribution in [3.63, 3.8) is 0 Å². The van der Waals surface area contributed by atoms with E-state index in [-0.39, 0.29) is 26.1 Å². The molecule has 1 aliphatic heterocycles. The fourth-order valence-corrected chi connectivity index (χ4v) is 5.78. The number of hydrogen-bond acceptors (Lipinski definition) is 10. The third kappa shape index (κ3) is 24.7. The van der Waals surface area contributed by atoms with Gasteiger partial charge in [-0.2, -0.15) is 0 Å². The van der Waals surface area contributed by atoms with Gasteiger partial charge in [0.05, 0.1) is 13.2 Å². The number of ether oxygens (including phenoxy) is 4. The minimum Gasteiger partial charge on any atom is -0.462 e. The van der Waals surface area contributed by atoms with Crippen LogP contribution in [-0.2, 0) is 28.5 Å². The van der Waals surface area contributed by atoms with Crippen molar-refractivity contribution in [3.8, 4) is 0 Å². The molecule has 51 heavy (non-hydrogen) atoms. The van der Waals surface area contributed by atoms with E-state index in [0.717, 1.165) is 51.4 Å². The minimum atomic E-state index is -1.60. The Morgan fingerprint density at radius 2 is 1.10 bits per heavy atom. The van der Waals surface area contributed by atoms with Crippen LogP contribution in [0.5, 0.6) is 0 Å². The van der Waals surface area contributed by atoms with Crippen molar-refractivity contribution in [3.05, 3.63) is 36.5 Å². The lowest BCUT2D eigenvalue weighted by Gasteiger charge is -2.39. The lowest BCUT2D eigenvalue weighted by atomic mass is 9.99. The van der Waals surface area contributed by atoms with Crippen molar-refractivity contribution in [2.75, 3.05) is 19.8 Å². The molecule has 1 rings (SSSR count). The molecule has 0 saturated carbocycles. The summed E-state index contributed by atoms with van der Waals surface area (Å²) in [7, 11) is 0. The predicted octanol–water partition coefficient (Wildman–Crippen LogP) is 7.55. The standard InChI is InChI=1S/C41H72O10/c1-3-5-7-9-11-13-15-16-17-18-20-21-23-25-27-29-36(43)48-32-34(33-49-41-40(47)39(46)38(45)35(31-42)51-41)50-37(44)30-28-26-24-22-19-14-12-10-8-6-4-2/h11,13,16-17,20-21,34-35,38-42,45-47H,3-10,12,14-15,18-19,22-33H2,1-2H3/b13-11+,17-16+,21-20+/t34-,35-,38+,39?,40?,41-/m0/s1. The molecule has 1 aliphatic rings. The largest absolute Gasteiger partial charge is 0.462 e. The molecule has 2 unspecified atom stereocenters. The van der Waals surface area contributed by atoms with Crippen LogP contribution in [0.25, 0.3) is 0 Å². The van der Waals surface area contributed by atoms with E-state index in [4.69, 9.17) is 18.9 Å². The quantitative estimate of drug-likeness (QED) is 0.0311. The molecule has 1 fully saturated rings. The molecule has 0 aliphatic carbocycles. The zero-order chi connectivity index (χ0) is 37.4. The maximum Gasteiger partial charge on any atom is 0.306 e. The van der Waals surface area contributed by atoms with Crippen LogP contribution in [0.4, 0.5) is 0 Å². The fourth-order valence-electron chi connectivity index (χ4n) is 5.78. The van der Waals surface area contributed by atoms with E-state index in [9.17, 15) is 30.0 Å². The molecule has 0 bridgehead atoms. The van der Waals surface area contributed by atoms with E-state index >= 15 is 0 Å². The smallest absolute Gasteiger partial charge is 0.306 e. The number of allylic oxidation sites excluding steroid dienone is 6. The Kier molecular flexibility index (Phi) is 30.0. The first-order valence-corrected chi connectivity index (χ1v) is 20.1. The van der Waals surface area contributed by atoms with Gasteiger partial charge in [-0.15, -0.1) is 0 Å². The maximum absolute atomic E-state index is 12.7. The number of aliphatic hydroxyl groups is 4. The van der Waals surface area contributed by atoms with Crippen molar-refractivity contribution in [1.29, 1.82) is 0 Å². The summed E-state index contributed by atoms with van der Waals surface area (Å²) in [5.74, 6) is -0.853. The molecule has 0 aromatic heterocycles. The minimum absolute atomic E-state index is 0.223. The summed E-state index contributed by atoms with van der Waals surface area (Å²) in [5.41, 5.74) is 0. The Labute approximate surface area is 308 Å². The van der Waals surface area contributed by atoms with Crippen molar-refractivity contribution in [1.82, 2.24) is 0 Å². The number of carbonyl (C=O) groups excluding carboxylic acids is 2. The van der Waals surface area contributed by atoms with E-state index < -0.39 is 55.4 Å². The summed E-state index contributed by atoms with van der Waals surface area (Å²) >= 11 is 0. The highest BCUT2D eigenvalue weighted by molar-refractivity contribution is 5.70. The molecule has 10 nitrogen and oxygen atoms in total. The summed E-state index contributed by atoms with van der Waals surface area (Å²) in [6.07, 6.45) is 27.3. The summed E-state index contributed by atoms with van der Waals surface area (Å²) in [6, 6.07) is 0. The Balaban J connectivity index is 2.41. The third-order valence-electron chi connectivity index (χ3n) is 9.03. The van der Waals surface area contributed by atoms with Crippen LogP contribution in [0, 0.1) is 0 Å². The fraction of sp³-hybridized carbons (Fsp3) is 0.805. The summed E-state index contributed by atoms with van der Waals surface area (Å²) in [4.78, 5) is 25.2. The van der Waals surface area contributed by atoms with E-state index in [2.05, 4.69) is 50.3 Å². The van der Waals surface area contributed by atoms with Crippen molar-refractivity contribution in [2.45, 2.75) is 192 Å². The van der Waals surface area contributed by atoms with Gasteiger partial charge in [-0.25, -0.2) is 0 Å². The van der Waals surface area contributed by atoms with E-state index in [1.54, 1.807) is 0 Å². The van der Waals surface area contributed by atoms with E-state index in [1.807, 2.05) is 0 Å². The second-order valence-corrected chi connectivity index (χ2v) is 13.7. The van der Waals surface area contributed by atoms with Crippen LogP contribution in [0.3, 0.4) is 0 Å². The first kappa shape index (κ1) is 46.9. The lowest BCUT2D eigenvalue weighted by molar-refractivity contribution is -0.305. The normalized spacial score (nSPS) is 21.6. The van der Waals surface area contributed by atoms with Crippen molar-refractivity contribution in [2.24, 2.45) is 0 Å². The monoisotopic (exact) mass is 725 g/mol. The number of hydrogen-bond donors (Lipinski definition) is 4. The van der Waals surface area contributed by atoms with E-state index in [0.29, 0.717) is 12.8 Å². The van der Waals surface area contributed by atoms with Gasteiger partial charge in [0.25, 0.3) is 0 Å². The van der Waals surface area contributed by atoms with Gasteiger partial charge in [0, 0.05) is 12.8 Å². The maximum atomic E-state index is 12.7. The third-order valence-corrected chi connectivity index (χ3v) is 9.03. The van der Waals surface area contributed by atoms with Crippen LogP contribution in [-0.4, -0.2) is 89.0 Å². The van der Waals surface area contributed by atoms with Crippen LogP contribution >= 0.6 is 0 Å². The number of unbranched alkanes of at least 4 members (excludes halogenated alkanes) is 15. The summed E-state index contributed by atoms with van der Waals surface area (Å²) in [6.45, 7) is 3.33. The van der Waals surface area contributed by atoms with Gasteiger partial charge in [0.1, 0.15) is 31.0 Å². The highest BCUT2D eigenvalue weighted by atomic mass is 16.7. The average Bonchev–Trinajstić information content (AvgIpc) is 3.13. The van der Waals surface area contributed by atoms with Gasteiger partial charge >= 0.3 is 11.9 Å². The number of esters is 2. The molecule has 4 N–H and O–H groups in total. The first-order valence-electron chi connectivity index (χ1n) is 20.1. The summed E-state index contributed by atoms with van der Waals surface area (Å²) in [5, 5.41) is 39.9. The lowest BCUT2D eigenvalue weighted by Crippen LogP contribution is -2.59. The van der Waals surface area contributed by atoms with E-state index in [1.165, 1.54) is 64.2 Å². The SMILES string of the molecule is CCCCC/C=C/C/C=C/C/C=C/CCCCC(=O)OC[C@@H](CO[C@H]1O[C@@H](CO)[C@@H](O)C(O)C1O)OC(=O)CCCCCCCCCCCCC.